The average molecular weight is 238 g/mol. The van der Waals surface area contributed by atoms with Crippen molar-refractivity contribution in [1.82, 2.24) is 10.3 Å². The summed E-state index contributed by atoms with van der Waals surface area (Å²) in [5.41, 5.74) is 0.818. The van der Waals surface area contributed by atoms with E-state index in [1.165, 1.54) is 0 Å². The number of alkyl carbamates (subject to hydrolysis) is 1. The fourth-order valence-electron chi connectivity index (χ4n) is 1.24. The third-order valence-corrected chi connectivity index (χ3v) is 1.95. The number of amides is 1. The molecule has 1 heterocycles. The third kappa shape index (κ3) is 4.82. The number of hydrogen-bond donors (Lipinski definition) is 2. The van der Waals surface area contributed by atoms with Gasteiger partial charge in [0.05, 0.1) is 18.8 Å². The van der Waals surface area contributed by atoms with Crippen LogP contribution in [0.4, 0.5) is 4.79 Å². The van der Waals surface area contributed by atoms with Gasteiger partial charge >= 0.3 is 6.09 Å². The van der Waals surface area contributed by atoms with Gasteiger partial charge in [0.2, 0.25) is 0 Å². The molecule has 1 amide bonds. The van der Waals surface area contributed by atoms with Gasteiger partial charge < -0.3 is 15.2 Å². The first-order chi connectivity index (χ1) is 7.92. The van der Waals surface area contributed by atoms with Gasteiger partial charge in [-0.25, -0.2) is 4.79 Å². The molecule has 0 aromatic carbocycles. The Morgan fingerprint density at radius 1 is 1.53 bits per heavy atom. The highest BCUT2D eigenvalue weighted by molar-refractivity contribution is 5.67. The van der Waals surface area contributed by atoms with Gasteiger partial charge in [-0.15, -0.1) is 0 Å². The number of nitrogens with one attached hydrogen (secondary N) is 1. The second-order valence-corrected chi connectivity index (χ2v) is 4.62. The lowest BCUT2D eigenvalue weighted by Gasteiger charge is -2.19. The van der Waals surface area contributed by atoms with Crippen LogP contribution >= 0.6 is 0 Å². The van der Waals surface area contributed by atoms with Crippen LogP contribution in [0.1, 0.15) is 32.0 Å². The first-order valence-corrected chi connectivity index (χ1v) is 5.43. The van der Waals surface area contributed by atoms with Crippen molar-refractivity contribution >= 4 is 6.09 Å². The van der Waals surface area contributed by atoms with E-state index in [9.17, 15) is 4.79 Å². The number of carbonyl (C=O) groups excluding carboxylic acids is 1. The molecule has 0 radical (unpaired) electrons. The zero-order valence-electron chi connectivity index (χ0n) is 10.4. The van der Waals surface area contributed by atoms with E-state index < -0.39 is 11.7 Å². The summed E-state index contributed by atoms with van der Waals surface area (Å²) in [5, 5.41) is 11.7. The van der Waals surface area contributed by atoms with Gasteiger partial charge in [-0.3, -0.25) is 4.98 Å². The monoisotopic (exact) mass is 238 g/mol. The molecule has 1 aromatic rings. The lowest BCUT2D eigenvalue weighted by atomic mass is 10.2. The molecule has 1 rings (SSSR count). The standard InChI is InChI=1S/C12H18N2O3/c1-12(2,3)17-11(16)14-7-10-9(8-15)5-4-6-13-10/h4-6,15H,7-8H2,1-3H3,(H,14,16). The van der Waals surface area contributed by atoms with Crippen LogP contribution in [0.5, 0.6) is 0 Å². The van der Waals surface area contributed by atoms with E-state index in [0.717, 1.165) is 0 Å². The molecule has 0 saturated carbocycles. The van der Waals surface area contributed by atoms with E-state index >= 15 is 0 Å². The van der Waals surface area contributed by atoms with Gasteiger partial charge in [-0.1, -0.05) is 6.07 Å². The van der Waals surface area contributed by atoms with Crippen LogP contribution < -0.4 is 5.32 Å². The van der Waals surface area contributed by atoms with Crippen LogP contribution in [0, 0.1) is 0 Å². The van der Waals surface area contributed by atoms with Crippen molar-refractivity contribution < 1.29 is 14.6 Å². The van der Waals surface area contributed by atoms with Gasteiger partial charge in [-0.2, -0.15) is 0 Å². The van der Waals surface area contributed by atoms with E-state index in [1.54, 1.807) is 39.1 Å². The number of nitrogens with zero attached hydrogens (tertiary/aromatic N) is 1. The summed E-state index contributed by atoms with van der Waals surface area (Å²) in [4.78, 5) is 15.5. The van der Waals surface area contributed by atoms with E-state index in [2.05, 4.69) is 10.3 Å². The number of carbonyl (C=O) groups is 1. The Balaban J connectivity index is 2.53. The average Bonchev–Trinajstić information content (AvgIpc) is 2.24. The Morgan fingerprint density at radius 2 is 2.24 bits per heavy atom. The van der Waals surface area contributed by atoms with Gasteiger partial charge in [0.25, 0.3) is 0 Å². The Kier molecular flexibility index (Phi) is 4.45. The summed E-state index contributed by atoms with van der Waals surface area (Å²) in [7, 11) is 0. The predicted molar refractivity (Wildman–Crippen MR) is 63.2 cm³/mol. The zero-order chi connectivity index (χ0) is 12.9. The summed E-state index contributed by atoms with van der Waals surface area (Å²) < 4.78 is 5.09. The van der Waals surface area contributed by atoms with Crippen LogP contribution in [-0.4, -0.2) is 21.8 Å². The Hall–Kier alpha value is -1.62. The minimum absolute atomic E-state index is 0.0980. The predicted octanol–water partition coefficient (Wildman–Crippen LogP) is 1.60. The van der Waals surface area contributed by atoms with Crippen LogP contribution in [0.25, 0.3) is 0 Å². The summed E-state index contributed by atoms with van der Waals surface area (Å²) in [6.07, 6.45) is 1.12. The molecule has 0 spiro atoms. The fourth-order valence-corrected chi connectivity index (χ4v) is 1.24. The minimum Gasteiger partial charge on any atom is -0.444 e. The number of aromatic nitrogens is 1. The second kappa shape index (κ2) is 5.63. The smallest absolute Gasteiger partial charge is 0.407 e. The molecule has 0 aliphatic rings. The maximum Gasteiger partial charge on any atom is 0.407 e. The molecule has 0 fully saturated rings. The third-order valence-electron chi connectivity index (χ3n) is 1.95. The Labute approximate surface area is 101 Å². The zero-order valence-corrected chi connectivity index (χ0v) is 10.4. The lowest BCUT2D eigenvalue weighted by molar-refractivity contribution is 0.0522. The highest BCUT2D eigenvalue weighted by atomic mass is 16.6. The number of aliphatic hydroxyl groups excluding tert-OH is 1. The Bertz CT molecular complexity index is 386. The van der Waals surface area contributed by atoms with Crippen molar-refractivity contribution in [2.45, 2.75) is 39.5 Å². The molecule has 0 aliphatic heterocycles. The van der Waals surface area contributed by atoms with E-state index in [0.29, 0.717) is 11.3 Å². The maximum atomic E-state index is 11.4. The molecule has 0 atom stereocenters. The molecule has 94 valence electrons. The summed E-state index contributed by atoms with van der Waals surface area (Å²) in [6, 6.07) is 3.50. The summed E-state index contributed by atoms with van der Waals surface area (Å²) in [5.74, 6) is 0. The van der Waals surface area contributed by atoms with Crippen LogP contribution in [0.15, 0.2) is 18.3 Å². The van der Waals surface area contributed by atoms with Crippen molar-refractivity contribution in [1.29, 1.82) is 0 Å². The van der Waals surface area contributed by atoms with Crippen molar-refractivity contribution in [3.05, 3.63) is 29.6 Å². The van der Waals surface area contributed by atoms with Crippen LogP contribution in [0.3, 0.4) is 0 Å². The highest BCUT2D eigenvalue weighted by Crippen LogP contribution is 2.08. The molecule has 2 N–H and O–H groups in total. The van der Waals surface area contributed by atoms with Gasteiger partial charge in [0, 0.05) is 11.8 Å². The topological polar surface area (TPSA) is 71.5 Å². The largest absolute Gasteiger partial charge is 0.444 e. The first-order valence-electron chi connectivity index (χ1n) is 5.43. The fraction of sp³-hybridized carbons (Fsp3) is 0.500. The molecule has 17 heavy (non-hydrogen) atoms. The Morgan fingerprint density at radius 3 is 2.82 bits per heavy atom. The quantitative estimate of drug-likeness (QED) is 0.839. The molecule has 0 saturated heterocycles. The SMILES string of the molecule is CC(C)(C)OC(=O)NCc1ncccc1CO. The molecule has 1 aromatic heterocycles. The number of aliphatic hydroxyl groups is 1. The van der Waals surface area contributed by atoms with E-state index in [4.69, 9.17) is 9.84 Å². The molecule has 5 heteroatoms. The van der Waals surface area contributed by atoms with Crippen molar-refractivity contribution in [3.63, 3.8) is 0 Å². The normalized spacial score (nSPS) is 11.1. The lowest BCUT2D eigenvalue weighted by Crippen LogP contribution is -2.32. The van der Waals surface area contributed by atoms with E-state index in [-0.39, 0.29) is 13.2 Å². The van der Waals surface area contributed by atoms with Crippen LogP contribution in [0.2, 0.25) is 0 Å². The number of hydrogen-bond acceptors (Lipinski definition) is 4. The van der Waals surface area contributed by atoms with Crippen molar-refractivity contribution in [2.75, 3.05) is 0 Å². The summed E-state index contributed by atoms with van der Waals surface area (Å²) in [6.45, 7) is 5.54. The molecule has 0 aliphatic carbocycles. The molecule has 5 nitrogen and oxygen atoms in total. The second-order valence-electron chi connectivity index (χ2n) is 4.62. The van der Waals surface area contributed by atoms with Gasteiger partial charge in [0.1, 0.15) is 5.60 Å². The van der Waals surface area contributed by atoms with Crippen molar-refractivity contribution in [3.8, 4) is 0 Å². The number of ether oxygens (including phenoxy) is 1. The molecule has 0 bridgehead atoms. The van der Waals surface area contributed by atoms with Gasteiger partial charge in [-0.05, 0) is 26.8 Å². The maximum absolute atomic E-state index is 11.4. The summed E-state index contributed by atoms with van der Waals surface area (Å²) >= 11 is 0. The van der Waals surface area contributed by atoms with Gasteiger partial charge in [0.15, 0.2) is 0 Å². The van der Waals surface area contributed by atoms with Crippen molar-refractivity contribution in [2.24, 2.45) is 0 Å². The number of pyridine rings is 1. The minimum atomic E-state index is -0.520. The molecular weight excluding hydrogens is 220 g/mol. The molecular formula is C12H18N2O3. The number of rotatable bonds is 3. The first kappa shape index (κ1) is 13.4. The van der Waals surface area contributed by atoms with E-state index in [1.807, 2.05) is 0 Å². The highest BCUT2D eigenvalue weighted by Gasteiger charge is 2.16. The molecule has 0 unspecified atom stereocenters. The van der Waals surface area contributed by atoms with Crippen LogP contribution in [-0.2, 0) is 17.9 Å².